The largest absolute Gasteiger partial charge is 0.493 e. The van der Waals surface area contributed by atoms with E-state index in [0.717, 1.165) is 30.8 Å². The number of anilines is 2. The molecule has 7 heteroatoms. The summed E-state index contributed by atoms with van der Waals surface area (Å²) in [6.07, 6.45) is 2.34. The van der Waals surface area contributed by atoms with Crippen molar-refractivity contribution in [2.24, 2.45) is 5.73 Å². The first-order chi connectivity index (χ1) is 12.1. The molecule has 0 atom stereocenters. The van der Waals surface area contributed by atoms with Crippen molar-refractivity contribution in [2.75, 3.05) is 23.8 Å². The van der Waals surface area contributed by atoms with Crippen molar-refractivity contribution in [1.82, 2.24) is 0 Å². The molecule has 0 saturated heterocycles. The molecule has 1 aliphatic rings. The normalized spacial score (nSPS) is 12.2. The molecule has 6 nitrogen and oxygen atoms in total. The first-order valence-electron chi connectivity index (χ1n) is 8.31. The van der Waals surface area contributed by atoms with Gasteiger partial charge in [0.15, 0.2) is 0 Å². The smallest absolute Gasteiger partial charge is 0.248 e. The Bertz CT molecular complexity index is 795. The summed E-state index contributed by atoms with van der Waals surface area (Å²) in [4.78, 5) is 23.2. The van der Waals surface area contributed by atoms with Crippen LogP contribution in [0.2, 0.25) is 0 Å². The number of hydrogen-bond acceptors (Lipinski definition) is 4. The van der Waals surface area contributed by atoms with Crippen molar-refractivity contribution < 1.29 is 14.3 Å². The third-order valence-electron chi connectivity index (χ3n) is 4.04. The third-order valence-corrected chi connectivity index (χ3v) is 4.04. The van der Waals surface area contributed by atoms with Crippen LogP contribution in [0.15, 0.2) is 42.5 Å². The summed E-state index contributed by atoms with van der Waals surface area (Å²) in [7, 11) is 0. The fraction of sp³-hybridized carbons (Fsp3) is 0.263. The van der Waals surface area contributed by atoms with E-state index in [0.29, 0.717) is 11.3 Å². The number of benzene rings is 2. The maximum Gasteiger partial charge on any atom is 0.248 e. The zero-order valence-electron chi connectivity index (χ0n) is 14.3. The highest BCUT2D eigenvalue weighted by molar-refractivity contribution is 5.93. The summed E-state index contributed by atoms with van der Waals surface area (Å²) in [5, 5.41) is 6.23. The maximum atomic E-state index is 12.1. The van der Waals surface area contributed by atoms with Crippen LogP contribution in [0.4, 0.5) is 11.4 Å². The first-order valence-corrected chi connectivity index (χ1v) is 8.31. The highest BCUT2D eigenvalue weighted by Gasteiger charge is 2.10. The second-order valence-electron chi connectivity index (χ2n) is 5.94. The molecule has 3 rings (SSSR count). The molecule has 2 aromatic rings. The Labute approximate surface area is 158 Å². The Balaban J connectivity index is 0.00000243. The number of nitrogens with two attached hydrogens (primary N) is 1. The van der Waals surface area contributed by atoms with Gasteiger partial charge in [-0.05, 0) is 54.8 Å². The highest BCUT2D eigenvalue weighted by atomic mass is 35.5. The Morgan fingerprint density at radius 1 is 1.19 bits per heavy atom. The molecule has 4 N–H and O–H groups in total. The van der Waals surface area contributed by atoms with Gasteiger partial charge in [0.1, 0.15) is 5.75 Å². The zero-order valence-corrected chi connectivity index (χ0v) is 15.1. The van der Waals surface area contributed by atoms with Gasteiger partial charge in [-0.2, -0.15) is 0 Å². The lowest BCUT2D eigenvalue weighted by atomic mass is 10.0. The zero-order chi connectivity index (χ0) is 17.6. The van der Waals surface area contributed by atoms with E-state index in [-0.39, 0.29) is 31.3 Å². The van der Waals surface area contributed by atoms with Gasteiger partial charge in [-0.1, -0.05) is 6.07 Å². The van der Waals surface area contributed by atoms with Crippen LogP contribution in [-0.2, 0) is 11.2 Å². The lowest BCUT2D eigenvalue weighted by Gasteiger charge is -2.18. The molecule has 0 fully saturated rings. The number of carbonyl (C=O) groups is 2. The van der Waals surface area contributed by atoms with Gasteiger partial charge in [-0.15, -0.1) is 12.4 Å². The Morgan fingerprint density at radius 2 is 2.04 bits per heavy atom. The Morgan fingerprint density at radius 3 is 2.85 bits per heavy atom. The van der Waals surface area contributed by atoms with E-state index in [1.54, 1.807) is 24.3 Å². The molecule has 0 radical (unpaired) electrons. The van der Waals surface area contributed by atoms with Gasteiger partial charge in [0.25, 0.3) is 0 Å². The maximum absolute atomic E-state index is 12.1. The van der Waals surface area contributed by atoms with Crippen molar-refractivity contribution in [1.29, 1.82) is 0 Å². The Hall–Kier alpha value is -2.73. The van der Waals surface area contributed by atoms with Crippen LogP contribution >= 0.6 is 12.4 Å². The standard InChI is InChI=1S/C19H21N3O3.ClH/c20-19(24)14-3-1-5-16(12-14)25-10-8-18(23)22-15-6-7-17-13(11-15)4-2-9-21-17;/h1,3,5-7,11-12,21H,2,4,8-10H2,(H2,20,24)(H,22,23);1H. The minimum atomic E-state index is -0.509. The number of rotatable bonds is 6. The van der Waals surface area contributed by atoms with Gasteiger partial charge in [0.2, 0.25) is 11.8 Å². The number of aryl methyl sites for hydroxylation is 1. The lowest BCUT2D eigenvalue weighted by Crippen LogP contribution is -2.16. The van der Waals surface area contributed by atoms with E-state index in [2.05, 4.69) is 10.6 Å². The number of fused-ring (bicyclic) bond motifs is 1. The summed E-state index contributed by atoms with van der Waals surface area (Å²) < 4.78 is 5.52. The Kier molecular flexibility index (Phi) is 6.86. The lowest BCUT2D eigenvalue weighted by molar-refractivity contribution is -0.116. The van der Waals surface area contributed by atoms with Crippen LogP contribution in [0, 0.1) is 0 Å². The number of nitrogens with one attached hydrogen (secondary N) is 2. The van der Waals surface area contributed by atoms with E-state index in [1.165, 1.54) is 5.56 Å². The SMILES string of the molecule is Cl.NC(=O)c1cccc(OCCC(=O)Nc2ccc3c(c2)CCCN3)c1. The molecule has 138 valence electrons. The second kappa shape index (κ2) is 9.10. The molecular weight excluding hydrogens is 354 g/mol. The molecule has 0 spiro atoms. The number of hydrogen-bond donors (Lipinski definition) is 3. The predicted molar refractivity (Wildman–Crippen MR) is 104 cm³/mol. The molecule has 2 amide bonds. The molecule has 1 heterocycles. The van der Waals surface area contributed by atoms with Crippen molar-refractivity contribution in [2.45, 2.75) is 19.3 Å². The van der Waals surface area contributed by atoms with Gasteiger partial charge in [-0.3, -0.25) is 9.59 Å². The summed E-state index contributed by atoms with van der Waals surface area (Å²) in [5.74, 6) is -0.108. The number of amides is 2. The third kappa shape index (κ3) is 5.13. The monoisotopic (exact) mass is 375 g/mol. The van der Waals surface area contributed by atoms with Gasteiger partial charge in [-0.25, -0.2) is 0 Å². The second-order valence-corrected chi connectivity index (χ2v) is 5.94. The van der Waals surface area contributed by atoms with Crippen LogP contribution in [-0.4, -0.2) is 25.0 Å². The van der Waals surface area contributed by atoms with Crippen molar-refractivity contribution in [3.05, 3.63) is 53.6 Å². The fourth-order valence-electron chi connectivity index (χ4n) is 2.78. The van der Waals surface area contributed by atoms with E-state index < -0.39 is 5.91 Å². The average molecular weight is 376 g/mol. The summed E-state index contributed by atoms with van der Waals surface area (Å²) in [6, 6.07) is 12.5. The van der Waals surface area contributed by atoms with Crippen LogP contribution in [0.1, 0.15) is 28.8 Å². The summed E-state index contributed by atoms with van der Waals surface area (Å²) in [5.41, 5.74) is 8.77. The minimum Gasteiger partial charge on any atom is -0.493 e. The van der Waals surface area contributed by atoms with Crippen LogP contribution < -0.4 is 21.1 Å². The molecule has 0 unspecified atom stereocenters. The molecular formula is C19H22ClN3O3. The van der Waals surface area contributed by atoms with E-state index in [1.807, 2.05) is 18.2 Å². The molecule has 1 aliphatic heterocycles. The van der Waals surface area contributed by atoms with Crippen molar-refractivity contribution in [3.8, 4) is 5.75 Å². The molecule has 0 bridgehead atoms. The van der Waals surface area contributed by atoms with Crippen LogP contribution in [0.3, 0.4) is 0 Å². The first kappa shape index (κ1) is 19.6. The van der Waals surface area contributed by atoms with Crippen LogP contribution in [0.5, 0.6) is 5.75 Å². The molecule has 0 saturated carbocycles. The molecule has 2 aromatic carbocycles. The number of primary amides is 1. The molecule has 26 heavy (non-hydrogen) atoms. The highest BCUT2D eigenvalue weighted by Crippen LogP contribution is 2.25. The van der Waals surface area contributed by atoms with Gasteiger partial charge >= 0.3 is 0 Å². The van der Waals surface area contributed by atoms with Gasteiger partial charge in [0, 0.05) is 23.5 Å². The number of carbonyl (C=O) groups excluding carboxylic acids is 2. The number of ether oxygens (including phenoxy) is 1. The molecule has 0 aromatic heterocycles. The van der Waals surface area contributed by atoms with Crippen molar-refractivity contribution >= 4 is 35.6 Å². The topological polar surface area (TPSA) is 93.5 Å². The van der Waals surface area contributed by atoms with E-state index in [9.17, 15) is 9.59 Å². The minimum absolute atomic E-state index is 0. The molecule has 0 aliphatic carbocycles. The summed E-state index contributed by atoms with van der Waals surface area (Å²) in [6.45, 7) is 1.22. The van der Waals surface area contributed by atoms with Crippen LogP contribution in [0.25, 0.3) is 0 Å². The van der Waals surface area contributed by atoms with Gasteiger partial charge < -0.3 is 21.1 Å². The fourth-order valence-corrected chi connectivity index (χ4v) is 2.78. The number of halogens is 1. The van der Waals surface area contributed by atoms with Gasteiger partial charge in [0.05, 0.1) is 13.0 Å². The predicted octanol–water partition coefficient (Wildman–Crippen LogP) is 2.97. The van der Waals surface area contributed by atoms with Crippen molar-refractivity contribution in [3.63, 3.8) is 0 Å². The average Bonchev–Trinajstić information content (AvgIpc) is 2.62. The summed E-state index contributed by atoms with van der Waals surface area (Å²) >= 11 is 0. The van der Waals surface area contributed by atoms with E-state index in [4.69, 9.17) is 10.5 Å². The van der Waals surface area contributed by atoms with E-state index >= 15 is 0 Å². The quantitative estimate of drug-likeness (QED) is 0.723.